The van der Waals surface area contributed by atoms with E-state index in [0.717, 1.165) is 21.9 Å². The molecule has 0 aliphatic rings. The Bertz CT molecular complexity index is 1390. The number of nitrogens with one attached hydrogen (secondary N) is 1. The summed E-state index contributed by atoms with van der Waals surface area (Å²) in [5, 5.41) is 3.37. The predicted octanol–water partition coefficient (Wildman–Crippen LogP) is 5.48. The van der Waals surface area contributed by atoms with Crippen LogP contribution in [-0.2, 0) is 26.2 Å². The third kappa shape index (κ3) is 7.61. The van der Waals surface area contributed by atoms with Crippen LogP contribution in [0.5, 0.6) is 0 Å². The van der Waals surface area contributed by atoms with E-state index >= 15 is 0 Å². The van der Waals surface area contributed by atoms with Crippen LogP contribution in [0.3, 0.4) is 0 Å². The molecule has 39 heavy (non-hydrogen) atoms. The second-order valence-electron chi connectivity index (χ2n) is 9.77. The molecule has 7 nitrogen and oxygen atoms in total. The van der Waals surface area contributed by atoms with Gasteiger partial charge < -0.3 is 10.2 Å². The van der Waals surface area contributed by atoms with Crippen molar-refractivity contribution in [2.24, 2.45) is 0 Å². The average molecular weight is 570 g/mol. The topological polar surface area (TPSA) is 86.8 Å². The van der Waals surface area contributed by atoms with Crippen molar-refractivity contribution in [3.63, 3.8) is 0 Å². The number of hydrogen-bond donors (Lipinski definition) is 1. The Kier molecular flexibility index (Phi) is 10.2. The molecule has 0 bridgehead atoms. The lowest BCUT2D eigenvalue weighted by atomic mass is 10.1. The number of benzene rings is 3. The number of hydrogen-bond acceptors (Lipinski definition) is 4. The van der Waals surface area contributed by atoms with Crippen molar-refractivity contribution >= 4 is 39.1 Å². The standard InChI is InChI=1S/C30H36ClN3O4S/c1-6-23(4)32-30(36)24(5)33(19-25-9-7-8-10-28(25)31)29(35)20-34(26-15-11-21(2)12-16-26)39(37,38)27-17-13-22(3)14-18-27/h7-18,23-24H,6,19-20H2,1-5H3,(H,32,36). The van der Waals surface area contributed by atoms with Crippen LogP contribution in [0.25, 0.3) is 0 Å². The summed E-state index contributed by atoms with van der Waals surface area (Å²) >= 11 is 6.40. The summed E-state index contributed by atoms with van der Waals surface area (Å²) < 4.78 is 28.8. The van der Waals surface area contributed by atoms with Gasteiger partial charge in [-0.3, -0.25) is 13.9 Å². The minimum absolute atomic E-state index is 0.0416. The van der Waals surface area contributed by atoms with Crippen LogP contribution in [0.2, 0.25) is 5.02 Å². The van der Waals surface area contributed by atoms with Gasteiger partial charge >= 0.3 is 0 Å². The van der Waals surface area contributed by atoms with Gasteiger partial charge in [-0.05, 0) is 70.0 Å². The molecule has 0 spiro atoms. The Hall–Kier alpha value is -3.36. The van der Waals surface area contributed by atoms with Crippen molar-refractivity contribution in [2.45, 2.75) is 64.6 Å². The SMILES string of the molecule is CCC(C)NC(=O)C(C)N(Cc1ccccc1Cl)C(=O)CN(c1ccc(C)cc1)S(=O)(=O)c1ccc(C)cc1. The van der Waals surface area contributed by atoms with Gasteiger partial charge in [0, 0.05) is 17.6 Å². The smallest absolute Gasteiger partial charge is 0.264 e. The fourth-order valence-electron chi connectivity index (χ4n) is 3.94. The zero-order chi connectivity index (χ0) is 28.7. The van der Waals surface area contributed by atoms with Gasteiger partial charge in [-0.2, -0.15) is 0 Å². The molecule has 0 saturated carbocycles. The van der Waals surface area contributed by atoms with Crippen LogP contribution < -0.4 is 9.62 Å². The van der Waals surface area contributed by atoms with E-state index in [2.05, 4.69) is 5.32 Å². The van der Waals surface area contributed by atoms with Gasteiger partial charge in [-0.15, -0.1) is 0 Å². The Balaban J connectivity index is 2.03. The van der Waals surface area contributed by atoms with E-state index in [9.17, 15) is 18.0 Å². The highest BCUT2D eigenvalue weighted by Crippen LogP contribution is 2.26. The molecule has 3 aromatic rings. The van der Waals surface area contributed by atoms with Crippen molar-refractivity contribution in [2.75, 3.05) is 10.8 Å². The largest absolute Gasteiger partial charge is 0.352 e. The molecule has 0 fully saturated rings. The Morgan fingerprint density at radius 2 is 1.46 bits per heavy atom. The van der Waals surface area contributed by atoms with Crippen molar-refractivity contribution in [3.05, 3.63) is 94.5 Å². The molecule has 0 aliphatic carbocycles. The van der Waals surface area contributed by atoms with E-state index in [4.69, 9.17) is 11.6 Å². The quantitative estimate of drug-likeness (QED) is 0.331. The predicted molar refractivity (Wildman–Crippen MR) is 156 cm³/mol. The Morgan fingerprint density at radius 3 is 2.03 bits per heavy atom. The highest BCUT2D eigenvalue weighted by atomic mass is 35.5. The molecule has 0 aromatic heterocycles. The number of carbonyl (C=O) groups excluding carboxylic acids is 2. The summed E-state index contributed by atoms with van der Waals surface area (Å²) in [5.74, 6) is -0.856. The average Bonchev–Trinajstić information content (AvgIpc) is 2.91. The number of carbonyl (C=O) groups is 2. The van der Waals surface area contributed by atoms with Gasteiger partial charge in [0.05, 0.1) is 10.6 Å². The molecule has 2 unspecified atom stereocenters. The molecular weight excluding hydrogens is 534 g/mol. The lowest BCUT2D eigenvalue weighted by Crippen LogP contribution is -2.52. The van der Waals surface area contributed by atoms with Crippen molar-refractivity contribution < 1.29 is 18.0 Å². The first-order chi connectivity index (χ1) is 18.4. The molecule has 2 atom stereocenters. The second-order valence-corrected chi connectivity index (χ2v) is 12.0. The number of halogens is 1. The zero-order valence-corrected chi connectivity index (χ0v) is 24.6. The molecule has 2 amide bonds. The summed E-state index contributed by atoms with van der Waals surface area (Å²) in [6.45, 7) is 8.80. The van der Waals surface area contributed by atoms with E-state index in [1.165, 1.54) is 17.0 Å². The van der Waals surface area contributed by atoms with Crippen molar-refractivity contribution in [1.82, 2.24) is 10.2 Å². The molecule has 9 heteroatoms. The Labute approximate surface area is 236 Å². The van der Waals surface area contributed by atoms with Crippen LogP contribution in [0.15, 0.2) is 77.7 Å². The molecule has 0 heterocycles. The third-order valence-corrected chi connectivity index (χ3v) is 8.83. The first-order valence-electron chi connectivity index (χ1n) is 12.9. The van der Waals surface area contributed by atoms with Crippen LogP contribution >= 0.6 is 11.6 Å². The molecule has 1 N–H and O–H groups in total. The third-order valence-electron chi connectivity index (χ3n) is 6.68. The van der Waals surface area contributed by atoms with Crippen molar-refractivity contribution in [3.8, 4) is 0 Å². The monoisotopic (exact) mass is 569 g/mol. The fraction of sp³-hybridized carbons (Fsp3) is 0.333. The first kappa shape index (κ1) is 30.2. The highest BCUT2D eigenvalue weighted by molar-refractivity contribution is 7.92. The first-order valence-corrected chi connectivity index (χ1v) is 14.7. The summed E-state index contributed by atoms with van der Waals surface area (Å²) in [5.41, 5.74) is 2.87. The maximum Gasteiger partial charge on any atom is 0.264 e. The van der Waals surface area contributed by atoms with E-state index in [1.54, 1.807) is 67.6 Å². The van der Waals surface area contributed by atoms with Crippen molar-refractivity contribution in [1.29, 1.82) is 0 Å². The lowest BCUT2D eigenvalue weighted by molar-refractivity contribution is -0.139. The molecule has 3 rings (SSSR count). The van der Waals surface area contributed by atoms with Gasteiger partial charge in [0.25, 0.3) is 10.0 Å². The molecular formula is C30H36ClN3O4S. The number of amides is 2. The second kappa shape index (κ2) is 13.1. The van der Waals surface area contributed by atoms with Crippen LogP contribution in [-0.4, -0.2) is 43.8 Å². The summed E-state index contributed by atoms with van der Waals surface area (Å²) in [7, 11) is -4.10. The van der Waals surface area contributed by atoms with Gasteiger partial charge in [0.15, 0.2) is 0 Å². The van der Waals surface area contributed by atoms with Gasteiger partial charge in [-0.1, -0.05) is 72.1 Å². The van der Waals surface area contributed by atoms with E-state index in [-0.39, 0.29) is 23.4 Å². The molecule has 0 saturated heterocycles. The number of nitrogens with zero attached hydrogens (tertiary/aromatic N) is 2. The number of anilines is 1. The van der Waals surface area contributed by atoms with Gasteiger partial charge in [0.2, 0.25) is 11.8 Å². The number of aryl methyl sites for hydroxylation is 2. The maximum atomic E-state index is 13.9. The van der Waals surface area contributed by atoms with Crippen LogP contribution in [0, 0.1) is 13.8 Å². The molecule has 208 valence electrons. The molecule has 0 aliphatic heterocycles. The minimum Gasteiger partial charge on any atom is -0.352 e. The van der Waals surface area contributed by atoms with Crippen LogP contribution in [0.4, 0.5) is 5.69 Å². The highest BCUT2D eigenvalue weighted by Gasteiger charge is 2.33. The zero-order valence-electron chi connectivity index (χ0n) is 23.0. The van der Waals surface area contributed by atoms with E-state index in [1.807, 2.05) is 27.7 Å². The minimum atomic E-state index is -4.10. The normalized spacial score (nSPS) is 12.9. The number of sulfonamides is 1. The van der Waals surface area contributed by atoms with E-state index in [0.29, 0.717) is 16.3 Å². The Morgan fingerprint density at radius 1 is 0.897 bits per heavy atom. The lowest BCUT2D eigenvalue weighted by Gasteiger charge is -2.32. The summed E-state index contributed by atoms with van der Waals surface area (Å²) in [4.78, 5) is 28.5. The van der Waals surface area contributed by atoms with Gasteiger partial charge in [-0.25, -0.2) is 8.42 Å². The van der Waals surface area contributed by atoms with Crippen LogP contribution in [0.1, 0.15) is 43.9 Å². The maximum absolute atomic E-state index is 13.9. The van der Waals surface area contributed by atoms with E-state index < -0.39 is 28.5 Å². The summed E-state index contributed by atoms with van der Waals surface area (Å²) in [6.07, 6.45) is 0.729. The number of rotatable bonds is 11. The molecule has 3 aromatic carbocycles. The fourth-order valence-corrected chi connectivity index (χ4v) is 5.55. The molecule has 0 radical (unpaired) electrons. The van der Waals surface area contributed by atoms with Gasteiger partial charge in [0.1, 0.15) is 12.6 Å². The summed E-state index contributed by atoms with van der Waals surface area (Å²) in [6, 6.07) is 19.5.